The van der Waals surface area contributed by atoms with E-state index in [-0.39, 0.29) is 12.0 Å². The predicted octanol–water partition coefficient (Wildman–Crippen LogP) is 0.978. The third-order valence-electron chi connectivity index (χ3n) is 4.16. The zero-order valence-corrected chi connectivity index (χ0v) is 13.7. The molecule has 0 bridgehead atoms. The summed E-state index contributed by atoms with van der Waals surface area (Å²) >= 11 is 0. The van der Waals surface area contributed by atoms with Crippen molar-refractivity contribution in [2.75, 3.05) is 32.7 Å². The van der Waals surface area contributed by atoms with Gasteiger partial charge in [0.1, 0.15) is 0 Å². The van der Waals surface area contributed by atoms with Crippen LogP contribution in [0.4, 0.5) is 0 Å². The number of hydrogen-bond acceptors (Lipinski definition) is 6. The number of rotatable bonds is 3. The quantitative estimate of drug-likeness (QED) is 0.908. The van der Waals surface area contributed by atoms with E-state index in [2.05, 4.69) is 15.0 Å². The predicted molar refractivity (Wildman–Crippen MR) is 85.3 cm³/mol. The molecule has 0 unspecified atom stereocenters. The van der Waals surface area contributed by atoms with Crippen LogP contribution in [-0.4, -0.2) is 69.8 Å². The lowest BCUT2D eigenvalue weighted by Gasteiger charge is -2.35. The number of aryl methyl sites for hydroxylation is 2. The van der Waals surface area contributed by atoms with E-state index < -0.39 is 0 Å². The van der Waals surface area contributed by atoms with Gasteiger partial charge in [-0.25, -0.2) is 4.98 Å². The second-order valence-electron chi connectivity index (χ2n) is 6.20. The Hall–Kier alpha value is -1.99. The average molecular weight is 318 g/mol. The van der Waals surface area contributed by atoms with Gasteiger partial charge in [-0.15, -0.1) is 0 Å². The maximum atomic E-state index is 12.9. The van der Waals surface area contributed by atoms with Gasteiger partial charge in [-0.1, -0.05) is 5.16 Å². The molecule has 124 valence electrons. The molecule has 1 aliphatic heterocycles. The maximum Gasteiger partial charge on any atom is 0.258 e. The van der Waals surface area contributed by atoms with Gasteiger partial charge in [0, 0.05) is 38.4 Å². The molecule has 0 aromatic carbocycles. The number of hydrogen-bond donors (Lipinski definition) is 1. The molecule has 0 radical (unpaired) electrons. The Morgan fingerprint density at radius 2 is 2.04 bits per heavy atom. The van der Waals surface area contributed by atoms with Crippen molar-refractivity contribution < 1.29 is 14.4 Å². The summed E-state index contributed by atoms with van der Waals surface area (Å²) in [6, 6.07) is 1.80. The zero-order valence-electron chi connectivity index (χ0n) is 13.7. The van der Waals surface area contributed by atoms with E-state index in [9.17, 15) is 9.90 Å². The number of piperazine rings is 1. The molecule has 0 aliphatic carbocycles. The number of carbonyl (C=O) groups is 1. The van der Waals surface area contributed by atoms with Gasteiger partial charge in [0.2, 0.25) is 0 Å². The molecule has 3 rings (SSSR count). The van der Waals surface area contributed by atoms with Crippen molar-refractivity contribution >= 4 is 17.0 Å². The van der Waals surface area contributed by atoms with Gasteiger partial charge in [-0.2, -0.15) is 0 Å². The number of nitrogens with zero attached hydrogens (tertiary/aromatic N) is 4. The van der Waals surface area contributed by atoms with Gasteiger partial charge in [0.25, 0.3) is 11.6 Å². The summed E-state index contributed by atoms with van der Waals surface area (Å²) in [5.74, 6) is -0.0107. The van der Waals surface area contributed by atoms with Crippen LogP contribution in [0.1, 0.15) is 28.7 Å². The van der Waals surface area contributed by atoms with Gasteiger partial charge < -0.3 is 14.5 Å². The Bertz CT molecular complexity index is 717. The number of aliphatic hydroxyl groups excluding tert-OH is 1. The molecule has 3 heterocycles. The van der Waals surface area contributed by atoms with Crippen LogP contribution in [0.5, 0.6) is 0 Å². The highest BCUT2D eigenvalue weighted by atomic mass is 16.5. The van der Waals surface area contributed by atoms with Crippen LogP contribution in [-0.2, 0) is 0 Å². The van der Waals surface area contributed by atoms with E-state index in [0.29, 0.717) is 42.0 Å². The number of carbonyl (C=O) groups excluding carboxylic acids is 1. The minimum Gasteiger partial charge on any atom is -0.392 e. The molecular formula is C16H22N4O3. The van der Waals surface area contributed by atoms with E-state index in [1.807, 2.05) is 18.7 Å². The van der Waals surface area contributed by atoms with Crippen LogP contribution in [0.2, 0.25) is 0 Å². The first-order chi connectivity index (χ1) is 11.0. The highest BCUT2D eigenvalue weighted by Gasteiger charge is 2.26. The first-order valence-electron chi connectivity index (χ1n) is 7.89. The molecule has 2 aromatic heterocycles. The molecule has 1 saturated heterocycles. The smallest absolute Gasteiger partial charge is 0.258 e. The monoisotopic (exact) mass is 318 g/mol. The van der Waals surface area contributed by atoms with E-state index >= 15 is 0 Å². The second kappa shape index (κ2) is 6.25. The van der Waals surface area contributed by atoms with Gasteiger partial charge in [0.15, 0.2) is 0 Å². The molecule has 7 nitrogen and oxygen atoms in total. The van der Waals surface area contributed by atoms with Crippen LogP contribution >= 0.6 is 0 Å². The van der Waals surface area contributed by atoms with Crippen LogP contribution in [0.15, 0.2) is 10.6 Å². The molecule has 1 amide bonds. The molecule has 2 aromatic rings. The summed E-state index contributed by atoms with van der Waals surface area (Å²) in [5.41, 5.74) is 2.45. The largest absolute Gasteiger partial charge is 0.392 e. The summed E-state index contributed by atoms with van der Waals surface area (Å²) < 4.78 is 5.20. The van der Waals surface area contributed by atoms with Crippen molar-refractivity contribution in [2.24, 2.45) is 0 Å². The molecule has 1 aliphatic rings. The zero-order chi connectivity index (χ0) is 16.6. The van der Waals surface area contributed by atoms with Crippen molar-refractivity contribution in [1.82, 2.24) is 19.9 Å². The summed E-state index contributed by atoms with van der Waals surface area (Å²) in [5, 5.41) is 14.1. The number of amides is 1. The van der Waals surface area contributed by atoms with Crippen molar-refractivity contribution in [3.8, 4) is 0 Å². The fourth-order valence-corrected chi connectivity index (χ4v) is 3.06. The summed E-state index contributed by atoms with van der Waals surface area (Å²) in [7, 11) is 0. The number of aromatic nitrogens is 2. The molecule has 1 atom stereocenters. The number of aliphatic hydroxyl groups is 1. The molecule has 1 N–H and O–H groups in total. The topological polar surface area (TPSA) is 82.7 Å². The Morgan fingerprint density at radius 3 is 2.70 bits per heavy atom. The summed E-state index contributed by atoms with van der Waals surface area (Å²) in [6.07, 6.45) is -0.348. The van der Waals surface area contributed by atoms with Crippen molar-refractivity contribution in [1.29, 1.82) is 0 Å². The van der Waals surface area contributed by atoms with Gasteiger partial charge >= 0.3 is 0 Å². The molecular weight excluding hydrogens is 296 g/mol. The molecule has 23 heavy (non-hydrogen) atoms. The summed E-state index contributed by atoms with van der Waals surface area (Å²) in [6.45, 7) is 8.93. The normalized spacial score (nSPS) is 17.7. The van der Waals surface area contributed by atoms with E-state index in [0.717, 1.165) is 18.8 Å². The standard InChI is InChI=1S/C16H22N4O3/c1-10-8-13(14-12(3)18-23-15(14)17-10)16(22)20-6-4-19(5-7-20)9-11(2)21/h8,11,21H,4-7,9H2,1-3H3/t11-/m0/s1. The number of fused-ring (bicyclic) bond motifs is 1. The fourth-order valence-electron chi connectivity index (χ4n) is 3.06. The minimum absolute atomic E-state index is 0.0107. The Balaban J connectivity index is 1.81. The van der Waals surface area contributed by atoms with Crippen LogP contribution < -0.4 is 0 Å². The third-order valence-corrected chi connectivity index (χ3v) is 4.16. The Labute approximate surface area is 134 Å². The van der Waals surface area contributed by atoms with Crippen molar-refractivity contribution in [3.05, 3.63) is 23.0 Å². The van der Waals surface area contributed by atoms with Gasteiger partial charge in [0.05, 0.1) is 22.7 Å². The van der Waals surface area contributed by atoms with Crippen LogP contribution in [0.25, 0.3) is 11.1 Å². The number of β-amino-alcohol motifs (C(OH)–C–C–N with tert-alkyl or cyclic N) is 1. The van der Waals surface area contributed by atoms with Gasteiger partial charge in [-0.05, 0) is 26.8 Å². The maximum absolute atomic E-state index is 12.9. The Morgan fingerprint density at radius 1 is 1.35 bits per heavy atom. The van der Waals surface area contributed by atoms with Crippen molar-refractivity contribution in [2.45, 2.75) is 26.9 Å². The van der Waals surface area contributed by atoms with E-state index in [4.69, 9.17) is 4.52 Å². The highest BCUT2D eigenvalue weighted by Crippen LogP contribution is 2.23. The SMILES string of the molecule is Cc1cc(C(=O)N2CCN(C[C@H](C)O)CC2)c2c(C)noc2n1. The van der Waals surface area contributed by atoms with E-state index in [1.54, 1.807) is 13.0 Å². The summed E-state index contributed by atoms with van der Waals surface area (Å²) in [4.78, 5) is 21.2. The first kappa shape index (κ1) is 15.9. The lowest BCUT2D eigenvalue weighted by atomic mass is 10.1. The highest BCUT2D eigenvalue weighted by molar-refractivity contribution is 6.06. The molecule has 0 saturated carbocycles. The molecule has 0 spiro atoms. The van der Waals surface area contributed by atoms with E-state index in [1.165, 1.54) is 0 Å². The Kier molecular flexibility index (Phi) is 4.32. The number of pyridine rings is 1. The lowest BCUT2D eigenvalue weighted by Crippen LogP contribution is -2.50. The van der Waals surface area contributed by atoms with Crippen molar-refractivity contribution in [3.63, 3.8) is 0 Å². The minimum atomic E-state index is -0.348. The third kappa shape index (κ3) is 3.20. The fraction of sp³-hybridized carbons (Fsp3) is 0.562. The first-order valence-corrected chi connectivity index (χ1v) is 7.89. The van der Waals surface area contributed by atoms with Gasteiger partial charge in [-0.3, -0.25) is 9.69 Å². The van der Waals surface area contributed by atoms with Crippen LogP contribution in [0.3, 0.4) is 0 Å². The molecule has 1 fully saturated rings. The molecule has 7 heteroatoms. The lowest BCUT2D eigenvalue weighted by molar-refractivity contribution is 0.0555. The average Bonchev–Trinajstić information content (AvgIpc) is 2.87. The second-order valence-corrected chi connectivity index (χ2v) is 6.20. The van der Waals surface area contributed by atoms with Crippen LogP contribution in [0, 0.1) is 13.8 Å².